The Morgan fingerprint density at radius 1 is 0.833 bits per heavy atom. The SMILES string of the molecule is CC1(C)c2ccccc2-c2c(-c3cc(Cl)c(Cl)c(Br)c3)cccc21. The van der Waals surface area contributed by atoms with Gasteiger partial charge in [-0.1, -0.05) is 79.5 Å². The molecule has 3 aromatic rings. The van der Waals surface area contributed by atoms with Gasteiger partial charge in [-0.2, -0.15) is 0 Å². The van der Waals surface area contributed by atoms with E-state index in [1.54, 1.807) is 0 Å². The molecule has 0 unspecified atom stereocenters. The molecule has 0 spiro atoms. The summed E-state index contributed by atoms with van der Waals surface area (Å²) >= 11 is 16.0. The fraction of sp³-hybridized carbons (Fsp3) is 0.143. The van der Waals surface area contributed by atoms with Crippen LogP contribution in [0.4, 0.5) is 0 Å². The van der Waals surface area contributed by atoms with Crippen LogP contribution in [0, 0.1) is 0 Å². The molecule has 0 N–H and O–H groups in total. The third-order valence-corrected chi connectivity index (χ3v) is 6.56. The Morgan fingerprint density at radius 3 is 2.25 bits per heavy atom. The van der Waals surface area contributed by atoms with Gasteiger partial charge in [0.15, 0.2) is 0 Å². The molecular formula is C21H15BrCl2. The fourth-order valence-electron chi connectivity index (χ4n) is 3.71. The fourth-order valence-corrected chi connectivity index (χ4v) is 4.61. The topological polar surface area (TPSA) is 0 Å². The van der Waals surface area contributed by atoms with Crippen molar-refractivity contribution in [1.82, 2.24) is 0 Å². The van der Waals surface area contributed by atoms with Crippen molar-refractivity contribution in [1.29, 1.82) is 0 Å². The summed E-state index contributed by atoms with van der Waals surface area (Å²) in [5, 5.41) is 1.11. The Morgan fingerprint density at radius 2 is 1.50 bits per heavy atom. The van der Waals surface area contributed by atoms with Gasteiger partial charge in [-0.3, -0.25) is 0 Å². The lowest BCUT2D eigenvalue weighted by molar-refractivity contribution is 0.660. The number of halogens is 3. The molecule has 0 saturated carbocycles. The molecule has 0 aliphatic heterocycles. The molecule has 0 atom stereocenters. The van der Waals surface area contributed by atoms with Crippen LogP contribution in [0.2, 0.25) is 10.0 Å². The molecule has 0 bridgehead atoms. The Bertz CT molecular complexity index is 950. The molecule has 24 heavy (non-hydrogen) atoms. The first kappa shape index (κ1) is 16.2. The summed E-state index contributed by atoms with van der Waals surface area (Å²) in [5.74, 6) is 0. The van der Waals surface area contributed by atoms with Crippen molar-refractivity contribution >= 4 is 39.1 Å². The van der Waals surface area contributed by atoms with Crippen LogP contribution in [0.15, 0.2) is 59.1 Å². The first-order chi connectivity index (χ1) is 11.4. The molecule has 4 rings (SSSR count). The van der Waals surface area contributed by atoms with E-state index in [9.17, 15) is 0 Å². The maximum absolute atomic E-state index is 6.31. The van der Waals surface area contributed by atoms with Gasteiger partial charge < -0.3 is 0 Å². The second-order valence-electron chi connectivity index (χ2n) is 6.65. The maximum Gasteiger partial charge on any atom is 0.0734 e. The summed E-state index contributed by atoms with van der Waals surface area (Å²) in [5.41, 5.74) is 7.56. The molecule has 120 valence electrons. The van der Waals surface area contributed by atoms with Crippen molar-refractivity contribution in [2.75, 3.05) is 0 Å². The minimum absolute atomic E-state index is 0.00457. The molecule has 3 heteroatoms. The molecule has 0 fully saturated rings. The number of fused-ring (bicyclic) bond motifs is 3. The molecule has 0 radical (unpaired) electrons. The molecule has 0 nitrogen and oxygen atoms in total. The summed E-state index contributed by atoms with van der Waals surface area (Å²) in [4.78, 5) is 0. The van der Waals surface area contributed by atoms with Gasteiger partial charge in [-0.25, -0.2) is 0 Å². The minimum atomic E-state index is -0.00457. The van der Waals surface area contributed by atoms with Crippen molar-refractivity contribution in [2.24, 2.45) is 0 Å². The summed E-state index contributed by atoms with van der Waals surface area (Å²) < 4.78 is 0.815. The first-order valence-corrected chi connectivity index (χ1v) is 9.34. The highest BCUT2D eigenvalue weighted by atomic mass is 79.9. The van der Waals surface area contributed by atoms with Crippen molar-refractivity contribution < 1.29 is 0 Å². The monoisotopic (exact) mass is 416 g/mol. The second kappa shape index (κ2) is 5.62. The Kier molecular flexibility index (Phi) is 3.80. The van der Waals surface area contributed by atoms with Gasteiger partial charge in [0, 0.05) is 9.89 Å². The highest BCUT2D eigenvalue weighted by Crippen LogP contribution is 2.52. The molecule has 1 aliphatic rings. The van der Waals surface area contributed by atoms with Gasteiger partial charge >= 0.3 is 0 Å². The minimum Gasteiger partial charge on any atom is -0.0826 e. The van der Waals surface area contributed by atoms with E-state index in [1.165, 1.54) is 27.8 Å². The van der Waals surface area contributed by atoms with Crippen molar-refractivity contribution in [3.05, 3.63) is 80.2 Å². The van der Waals surface area contributed by atoms with Crippen LogP contribution < -0.4 is 0 Å². The highest BCUT2D eigenvalue weighted by molar-refractivity contribution is 9.10. The van der Waals surface area contributed by atoms with Crippen LogP contribution in [0.5, 0.6) is 0 Å². The Hall–Kier alpha value is -1.28. The lowest BCUT2D eigenvalue weighted by Gasteiger charge is -2.21. The molecule has 0 heterocycles. The second-order valence-corrected chi connectivity index (χ2v) is 8.29. The van der Waals surface area contributed by atoms with E-state index >= 15 is 0 Å². The normalized spacial score (nSPS) is 14.4. The molecule has 0 amide bonds. The summed E-state index contributed by atoms with van der Waals surface area (Å²) in [6.45, 7) is 4.57. The maximum atomic E-state index is 6.31. The number of benzene rings is 3. The van der Waals surface area contributed by atoms with Gasteiger partial charge in [-0.15, -0.1) is 0 Å². The number of rotatable bonds is 1. The average molecular weight is 418 g/mol. The van der Waals surface area contributed by atoms with Crippen LogP contribution in [0.25, 0.3) is 22.3 Å². The third kappa shape index (κ3) is 2.26. The lowest BCUT2D eigenvalue weighted by Crippen LogP contribution is -2.14. The zero-order valence-corrected chi connectivity index (χ0v) is 16.4. The highest BCUT2D eigenvalue weighted by Gasteiger charge is 2.36. The van der Waals surface area contributed by atoms with E-state index in [0.717, 1.165) is 10.0 Å². The van der Waals surface area contributed by atoms with Gasteiger partial charge in [0.1, 0.15) is 0 Å². The van der Waals surface area contributed by atoms with Crippen LogP contribution in [-0.2, 0) is 5.41 Å². The van der Waals surface area contributed by atoms with Crippen LogP contribution >= 0.6 is 39.1 Å². The smallest absolute Gasteiger partial charge is 0.0734 e. The molecule has 3 aromatic carbocycles. The third-order valence-electron chi connectivity index (χ3n) is 4.90. The standard InChI is InChI=1S/C21H15BrCl2/c1-21(2)15-8-4-3-6-14(15)19-13(7-5-9-16(19)21)12-10-17(22)20(24)18(23)11-12/h3-11H,1-2H3. The first-order valence-electron chi connectivity index (χ1n) is 7.79. The van der Waals surface area contributed by atoms with Gasteiger partial charge in [-0.05, 0) is 61.4 Å². The predicted octanol–water partition coefficient (Wildman–Crippen LogP) is 7.73. The Balaban J connectivity index is 2.05. The largest absolute Gasteiger partial charge is 0.0826 e. The van der Waals surface area contributed by atoms with Gasteiger partial charge in [0.2, 0.25) is 0 Å². The molecule has 1 aliphatic carbocycles. The number of hydrogen-bond acceptors (Lipinski definition) is 0. The van der Waals surface area contributed by atoms with Crippen molar-refractivity contribution in [3.63, 3.8) is 0 Å². The van der Waals surface area contributed by atoms with Crippen molar-refractivity contribution in [2.45, 2.75) is 19.3 Å². The van der Waals surface area contributed by atoms with Crippen LogP contribution in [0.1, 0.15) is 25.0 Å². The zero-order valence-electron chi connectivity index (χ0n) is 13.3. The van der Waals surface area contributed by atoms with E-state index < -0.39 is 0 Å². The zero-order chi connectivity index (χ0) is 17.1. The quantitative estimate of drug-likeness (QED) is 0.355. The summed E-state index contributed by atoms with van der Waals surface area (Å²) in [6.07, 6.45) is 0. The Labute approximate surface area is 160 Å². The lowest BCUT2D eigenvalue weighted by atomic mass is 9.82. The van der Waals surface area contributed by atoms with E-state index in [4.69, 9.17) is 23.2 Å². The predicted molar refractivity (Wildman–Crippen MR) is 107 cm³/mol. The molecule has 0 aromatic heterocycles. The summed E-state index contributed by atoms with van der Waals surface area (Å²) in [7, 11) is 0. The van der Waals surface area contributed by atoms with Gasteiger partial charge in [0.05, 0.1) is 10.0 Å². The van der Waals surface area contributed by atoms with Crippen LogP contribution in [0.3, 0.4) is 0 Å². The molecule has 0 saturated heterocycles. The van der Waals surface area contributed by atoms with Crippen LogP contribution in [-0.4, -0.2) is 0 Å². The van der Waals surface area contributed by atoms with E-state index in [1.807, 2.05) is 12.1 Å². The average Bonchev–Trinajstić information content (AvgIpc) is 2.81. The van der Waals surface area contributed by atoms with E-state index in [2.05, 4.69) is 72.2 Å². The number of hydrogen-bond donors (Lipinski definition) is 0. The van der Waals surface area contributed by atoms with E-state index in [0.29, 0.717) is 10.0 Å². The van der Waals surface area contributed by atoms with Crippen molar-refractivity contribution in [3.8, 4) is 22.3 Å². The van der Waals surface area contributed by atoms with Gasteiger partial charge in [0.25, 0.3) is 0 Å². The van der Waals surface area contributed by atoms with E-state index in [-0.39, 0.29) is 5.41 Å². The molecular weight excluding hydrogens is 403 g/mol. The summed E-state index contributed by atoms with van der Waals surface area (Å²) in [6, 6.07) is 19.1.